The van der Waals surface area contributed by atoms with E-state index in [-0.39, 0.29) is 18.2 Å². The van der Waals surface area contributed by atoms with Crippen molar-refractivity contribution in [2.24, 2.45) is 0 Å². The minimum atomic E-state index is -0.316. The third kappa shape index (κ3) is 5.87. The van der Waals surface area contributed by atoms with Crippen molar-refractivity contribution in [3.63, 3.8) is 0 Å². The Labute approximate surface area is 130 Å². The Hall–Kier alpha value is -2.50. The Kier molecular flexibility index (Phi) is 7.53. The molecule has 0 radical (unpaired) electrons. The molecular weight excluding hydrogens is 284 g/mol. The van der Waals surface area contributed by atoms with Crippen LogP contribution in [0.15, 0.2) is 30.9 Å². The van der Waals surface area contributed by atoms with Gasteiger partial charge in [-0.1, -0.05) is 12.1 Å². The Balaban J connectivity index is 2.39. The normalized spacial score (nSPS) is 9.73. The number of amides is 2. The average Bonchev–Trinajstić information content (AvgIpc) is 2.52. The molecule has 0 heterocycles. The molecule has 0 aromatic heterocycles. The molecule has 0 spiro atoms. The summed E-state index contributed by atoms with van der Waals surface area (Å²) in [6.07, 6.45) is 2.02. The minimum Gasteiger partial charge on any atom is -0.493 e. The molecule has 2 N–H and O–H groups in total. The van der Waals surface area contributed by atoms with E-state index in [1.807, 2.05) is 18.2 Å². The van der Waals surface area contributed by atoms with E-state index in [0.29, 0.717) is 31.0 Å². The number of ether oxygens (including phenoxy) is 2. The van der Waals surface area contributed by atoms with Crippen molar-refractivity contribution in [1.82, 2.24) is 10.6 Å². The fourth-order valence-electron chi connectivity index (χ4n) is 1.84. The molecule has 1 aromatic rings. The first-order valence-corrected chi connectivity index (χ1v) is 6.96. The third-order valence-electron chi connectivity index (χ3n) is 2.95. The number of methoxy groups -OCH3 is 2. The second-order valence-corrected chi connectivity index (χ2v) is 4.56. The van der Waals surface area contributed by atoms with Crippen LogP contribution in [0.5, 0.6) is 11.5 Å². The molecule has 6 nitrogen and oxygen atoms in total. The van der Waals surface area contributed by atoms with Crippen molar-refractivity contribution < 1.29 is 19.1 Å². The lowest BCUT2D eigenvalue weighted by Crippen LogP contribution is -2.32. The number of carbonyl (C=O) groups is 2. The largest absolute Gasteiger partial charge is 0.493 e. The maximum Gasteiger partial charge on any atom is 0.229 e. The maximum absolute atomic E-state index is 11.6. The topological polar surface area (TPSA) is 76.7 Å². The summed E-state index contributed by atoms with van der Waals surface area (Å²) in [6, 6.07) is 5.59. The van der Waals surface area contributed by atoms with Gasteiger partial charge in [-0.05, 0) is 24.1 Å². The van der Waals surface area contributed by atoms with Gasteiger partial charge in [0.25, 0.3) is 0 Å². The lowest BCUT2D eigenvalue weighted by Gasteiger charge is -2.10. The highest BCUT2D eigenvalue weighted by molar-refractivity contribution is 5.96. The molecule has 0 saturated carbocycles. The summed E-state index contributed by atoms with van der Waals surface area (Å²) in [6.45, 7) is 4.29. The molecule has 1 aromatic carbocycles. The van der Waals surface area contributed by atoms with E-state index < -0.39 is 0 Å². The van der Waals surface area contributed by atoms with E-state index in [1.54, 1.807) is 20.3 Å². The quantitative estimate of drug-likeness (QED) is 0.528. The van der Waals surface area contributed by atoms with Crippen molar-refractivity contribution >= 4 is 11.8 Å². The standard InChI is InChI=1S/C16H22N2O4/c1-4-8-17-15(19)11-16(20)18-9-7-12-5-6-13(21-2)14(10-12)22-3/h4-6,10H,1,7-9,11H2,2-3H3,(H,17,19)(H,18,20). The van der Waals surface area contributed by atoms with E-state index in [4.69, 9.17) is 9.47 Å². The van der Waals surface area contributed by atoms with Gasteiger partial charge < -0.3 is 20.1 Å². The molecule has 6 heteroatoms. The van der Waals surface area contributed by atoms with Crippen LogP contribution in [0.1, 0.15) is 12.0 Å². The Morgan fingerprint density at radius 3 is 2.45 bits per heavy atom. The van der Waals surface area contributed by atoms with Crippen LogP contribution in [-0.2, 0) is 16.0 Å². The molecule has 2 amide bonds. The van der Waals surface area contributed by atoms with E-state index in [9.17, 15) is 9.59 Å². The van der Waals surface area contributed by atoms with Crippen LogP contribution in [-0.4, -0.2) is 39.1 Å². The van der Waals surface area contributed by atoms with E-state index in [0.717, 1.165) is 5.56 Å². The van der Waals surface area contributed by atoms with E-state index >= 15 is 0 Å². The van der Waals surface area contributed by atoms with Gasteiger partial charge in [0, 0.05) is 13.1 Å². The SMILES string of the molecule is C=CCNC(=O)CC(=O)NCCc1ccc(OC)c(OC)c1. The van der Waals surface area contributed by atoms with Crippen molar-refractivity contribution in [3.8, 4) is 11.5 Å². The Morgan fingerprint density at radius 2 is 1.82 bits per heavy atom. The number of benzene rings is 1. The summed E-state index contributed by atoms with van der Waals surface area (Å²) in [5.41, 5.74) is 1.01. The highest BCUT2D eigenvalue weighted by atomic mass is 16.5. The first-order valence-electron chi connectivity index (χ1n) is 6.96. The summed E-state index contributed by atoms with van der Waals surface area (Å²) in [5, 5.41) is 5.26. The zero-order valence-electron chi connectivity index (χ0n) is 13.0. The van der Waals surface area contributed by atoms with Gasteiger partial charge in [0.1, 0.15) is 6.42 Å². The fraction of sp³-hybridized carbons (Fsp3) is 0.375. The van der Waals surface area contributed by atoms with Gasteiger partial charge in [-0.3, -0.25) is 9.59 Å². The summed E-state index contributed by atoms with van der Waals surface area (Å²) in [5.74, 6) is 0.690. The van der Waals surface area contributed by atoms with E-state index in [1.165, 1.54) is 0 Å². The molecule has 0 bridgehead atoms. The number of rotatable bonds is 9. The maximum atomic E-state index is 11.6. The lowest BCUT2D eigenvalue weighted by atomic mass is 10.1. The van der Waals surface area contributed by atoms with Crippen LogP contribution in [0.4, 0.5) is 0 Å². The van der Waals surface area contributed by atoms with Gasteiger partial charge in [0.05, 0.1) is 14.2 Å². The zero-order valence-corrected chi connectivity index (χ0v) is 13.0. The summed E-state index contributed by atoms with van der Waals surface area (Å²) in [4.78, 5) is 22.9. The molecule has 120 valence electrons. The van der Waals surface area contributed by atoms with Crippen molar-refractivity contribution in [2.75, 3.05) is 27.3 Å². The number of carbonyl (C=O) groups excluding carboxylic acids is 2. The van der Waals surface area contributed by atoms with Crippen LogP contribution in [0.25, 0.3) is 0 Å². The van der Waals surface area contributed by atoms with Gasteiger partial charge in [-0.2, -0.15) is 0 Å². The van der Waals surface area contributed by atoms with Crippen LogP contribution in [0.3, 0.4) is 0 Å². The monoisotopic (exact) mass is 306 g/mol. The molecule has 0 saturated heterocycles. The first-order chi connectivity index (χ1) is 10.6. The van der Waals surface area contributed by atoms with E-state index in [2.05, 4.69) is 17.2 Å². The molecule has 22 heavy (non-hydrogen) atoms. The predicted octanol–water partition coefficient (Wildman–Crippen LogP) is 1.05. The molecule has 0 aliphatic rings. The molecule has 0 fully saturated rings. The summed E-state index contributed by atoms with van der Waals surface area (Å²) >= 11 is 0. The Bertz CT molecular complexity index is 529. The third-order valence-corrected chi connectivity index (χ3v) is 2.95. The van der Waals surface area contributed by atoms with Crippen molar-refractivity contribution in [1.29, 1.82) is 0 Å². The smallest absolute Gasteiger partial charge is 0.229 e. The molecule has 0 aliphatic carbocycles. The minimum absolute atomic E-state index is 0.181. The second-order valence-electron chi connectivity index (χ2n) is 4.56. The molecule has 0 unspecified atom stereocenters. The van der Waals surface area contributed by atoms with Crippen molar-refractivity contribution in [3.05, 3.63) is 36.4 Å². The number of hydrogen-bond acceptors (Lipinski definition) is 4. The molecule has 1 rings (SSSR count). The zero-order chi connectivity index (χ0) is 16.4. The number of nitrogens with one attached hydrogen (secondary N) is 2. The summed E-state index contributed by atoms with van der Waals surface area (Å²) in [7, 11) is 3.15. The van der Waals surface area contributed by atoms with Gasteiger partial charge in [0.2, 0.25) is 11.8 Å². The van der Waals surface area contributed by atoms with Gasteiger partial charge >= 0.3 is 0 Å². The van der Waals surface area contributed by atoms with Crippen LogP contribution in [0.2, 0.25) is 0 Å². The average molecular weight is 306 g/mol. The Morgan fingerprint density at radius 1 is 1.14 bits per heavy atom. The van der Waals surface area contributed by atoms with Crippen LogP contribution < -0.4 is 20.1 Å². The second kappa shape index (κ2) is 9.44. The molecule has 0 atom stereocenters. The van der Waals surface area contributed by atoms with Gasteiger partial charge in [-0.25, -0.2) is 0 Å². The highest BCUT2D eigenvalue weighted by Gasteiger charge is 2.08. The lowest BCUT2D eigenvalue weighted by molar-refractivity contribution is -0.129. The van der Waals surface area contributed by atoms with Crippen LogP contribution in [0, 0.1) is 0 Å². The van der Waals surface area contributed by atoms with Crippen molar-refractivity contribution in [2.45, 2.75) is 12.8 Å². The summed E-state index contributed by atoms with van der Waals surface area (Å²) < 4.78 is 10.4. The van der Waals surface area contributed by atoms with Gasteiger partial charge in [-0.15, -0.1) is 6.58 Å². The molecule has 0 aliphatic heterocycles. The number of hydrogen-bond donors (Lipinski definition) is 2. The molecular formula is C16H22N2O4. The highest BCUT2D eigenvalue weighted by Crippen LogP contribution is 2.27. The van der Waals surface area contributed by atoms with Gasteiger partial charge in [0.15, 0.2) is 11.5 Å². The van der Waals surface area contributed by atoms with Crippen LogP contribution >= 0.6 is 0 Å². The predicted molar refractivity (Wildman–Crippen MR) is 84.1 cm³/mol. The first kappa shape index (κ1) is 17.6. The fourth-order valence-corrected chi connectivity index (χ4v) is 1.84.